The van der Waals surface area contributed by atoms with Crippen molar-refractivity contribution in [2.24, 2.45) is 0 Å². The molecule has 0 radical (unpaired) electrons. The van der Waals surface area contributed by atoms with Gasteiger partial charge in [0.15, 0.2) is 5.75 Å². The molecule has 4 nitrogen and oxygen atoms in total. The van der Waals surface area contributed by atoms with Crippen LogP contribution in [-0.4, -0.2) is 18.1 Å². The van der Waals surface area contributed by atoms with Crippen molar-refractivity contribution in [3.8, 4) is 5.75 Å². The first-order valence-corrected chi connectivity index (χ1v) is 4.69. The van der Waals surface area contributed by atoms with Crippen LogP contribution in [0.15, 0.2) is 23.1 Å². The standard InChI is InChI=1S/C6H5ClO4S/c7-4-2-1-3-5(6(4)8)12(9,10)11/h1-3,8H,(H,9,10,11). The fourth-order valence-corrected chi connectivity index (χ4v) is 1.54. The Balaban J connectivity index is 3.47. The van der Waals surface area contributed by atoms with E-state index >= 15 is 0 Å². The molecule has 0 heterocycles. The van der Waals surface area contributed by atoms with E-state index in [2.05, 4.69) is 0 Å². The zero-order valence-electron chi connectivity index (χ0n) is 5.73. The first kappa shape index (κ1) is 9.31. The van der Waals surface area contributed by atoms with E-state index < -0.39 is 20.8 Å². The van der Waals surface area contributed by atoms with Crippen LogP contribution in [0.3, 0.4) is 0 Å². The van der Waals surface area contributed by atoms with Crippen LogP contribution in [0.5, 0.6) is 5.75 Å². The van der Waals surface area contributed by atoms with Gasteiger partial charge in [0.2, 0.25) is 0 Å². The number of benzene rings is 1. The highest BCUT2D eigenvalue weighted by Gasteiger charge is 2.16. The van der Waals surface area contributed by atoms with Gasteiger partial charge in [-0.05, 0) is 12.1 Å². The van der Waals surface area contributed by atoms with Crippen LogP contribution in [0, 0.1) is 0 Å². The number of phenols is 1. The number of rotatable bonds is 1. The molecule has 12 heavy (non-hydrogen) atoms. The molecule has 0 bridgehead atoms. The third-order valence-corrected chi connectivity index (χ3v) is 2.42. The molecule has 66 valence electrons. The van der Waals surface area contributed by atoms with Crippen LogP contribution in [-0.2, 0) is 10.1 Å². The van der Waals surface area contributed by atoms with Crippen LogP contribution < -0.4 is 0 Å². The molecule has 6 heteroatoms. The van der Waals surface area contributed by atoms with Gasteiger partial charge < -0.3 is 5.11 Å². The zero-order chi connectivity index (χ0) is 9.35. The molecule has 0 aliphatic rings. The van der Waals surface area contributed by atoms with Gasteiger partial charge in [-0.1, -0.05) is 17.7 Å². The van der Waals surface area contributed by atoms with Crippen LogP contribution in [0.2, 0.25) is 5.02 Å². The lowest BCUT2D eigenvalue weighted by Gasteiger charge is -2.00. The van der Waals surface area contributed by atoms with Gasteiger partial charge in [0.05, 0.1) is 5.02 Å². The maximum absolute atomic E-state index is 10.5. The lowest BCUT2D eigenvalue weighted by Crippen LogP contribution is -1.98. The first-order valence-electron chi connectivity index (χ1n) is 2.88. The van der Waals surface area contributed by atoms with E-state index in [4.69, 9.17) is 21.3 Å². The predicted octanol–water partition coefficient (Wildman–Crippen LogP) is 1.29. The molecule has 1 aromatic rings. The van der Waals surface area contributed by atoms with Crippen molar-refractivity contribution in [1.29, 1.82) is 0 Å². The van der Waals surface area contributed by atoms with E-state index in [0.717, 1.165) is 6.07 Å². The topological polar surface area (TPSA) is 74.6 Å². The summed E-state index contributed by atoms with van der Waals surface area (Å²) in [5.41, 5.74) is 0. The second-order valence-electron chi connectivity index (χ2n) is 2.06. The third-order valence-electron chi connectivity index (χ3n) is 1.23. The maximum Gasteiger partial charge on any atom is 0.298 e. The van der Waals surface area contributed by atoms with Crippen molar-refractivity contribution in [2.75, 3.05) is 0 Å². The summed E-state index contributed by atoms with van der Waals surface area (Å²) in [6.07, 6.45) is 0. The van der Waals surface area contributed by atoms with E-state index in [9.17, 15) is 8.42 Å². The molecule has 0 amide bonds. The summed E-state index contributed by atoms with van der Waals surface area (Å²) in [6, 6.07) is 3.67. The van der Waals surface area contributed by atoms with Gasteiger partial charge in [0.1, 0.15) is 4.90 Å². The van der Waals surface area contributed by atoms with Gasteiger partial charge in [-0.25, -0.2) is 0 Å². The van der Waals surface area contributed by atoms with Crippen molar-refractivity contribution in [3.05, 3.63) is 23.2 Å². The van der Waals surface area contributed by atoms with Crippen molar-refractivity contribution >= 4 is 21.7 Å². The molecule has 0 atom stereocenters. The van der Waals surface area contributed by atoms with E-state index in [1.807, 2.05) is 0 Å². The second kappa shape index (κ2) is 2.93. The number of hydrogen-bond donors (Lipinski definition) is 2. The molecule has 0 unspecified atom stereocenters. The molecule has 1 rings (SSSR count). The van der Waals surface area contributed by atoms with Crippen LogP contribution in [0.4, 0.5) is 0 Å². The number of aromatic hydroxyl groups is 1. The van der Waals surface area contributed by atoms with Crippen LogP contribution >= 0.6 is 11.6 Å². The number of halogens is 1. The second-order valence-corrected chi connectivity index (χ2v) is 3.86. The Labute approximate surface area is 74.2 Å². The average molecular weight is 209 g/mol. The van der Waals surface area contributed by atoms with E-state index in [1.165, 1.54) is 12.1 Å². The SMILES string of the molecule is O=S(=O)(O)c1cccc(Cl)c1O. The summed E-state index contributed by atoms with van der Waals surface area (Å²) in [4.78, 5) is -0.588. The zero-order valence-corrected chi connectivity index (χ0v) is 7.30. The van der Waals surface area contributed by atoms with Gasteiger partial charge in [0, 0.05) is 0 Å². The average Bonchev–Trinajstić information content (AvgIpc) is 1.92. The predicted molar refractivity (Wildman–Crippen MR) is 42.9 cm³/mol. The smallest absolute Gasteiger partial charge is 0.298 e. The summed E-state index contributed by atoms with van der Waals surface area (Å²) >= 11 is 5.39. The number of hydrogen-bond acceptors (Lipinski definition) is 3. The highest BCUT2D eigenvalue weighted by molar-refractivity contribution is 7.86. The fraction of sp³-hybridized carbons (Fsp3) is 0. The van der Waals surface area contributed by atoms with Crippen molar-refractivity contribution in [2.45, 2.75) is 4.90 Å². The van der Waals surface area contributed by atoms with Gasteiger partial charge in [-0.15, -0.1) is 0 Å². The minimum absolute atomic E-state index is 0.120. The quantitative estimate of drug-likeness (QED) is 0.682. The fourth-order valence-electron chi connectivity index (χ4n) is 0.704. The van der Waals surface area contributed by atoms with E-state index in [-0.39, 0.29) is 5.02 Å². The van der Waals surface area contributed by atoms with Gasteiger partial charge in [-0.2, -0.15) is 8.42 Å². The molecule has 0 fully saturated rings. The Morgan fingerprint density at radius 3 is 2.33 bits per heavy atom. The normalized spacial score (nSPS) is 11.5. The Morgan fingerprint density at radius 2 is 1.92 bits per heavy atom. The number of para-hydroxylation sites is 1. The Hall–Kier alpha value is -0.780. The van der Waals surface area contributed by atoms with Crippen molar-refractivity contribution in [3.63, 3.8) is 0 Å². The third kappa shape index (κ3) is 1.69. The van der Waals surface area contributed by atoms with E-state index in [1.54, 1.807) is 0 Å². The first-order chi connectivity index (χ1) is 5.43. The summed E-state index contributed by atoms with van der Waals surface area (Å²) in [5.74, 6) is -0.637. The van der Waals surface area contributed by atoms with Gasteiger partial charge >= 0.3 is 0 Å². The maximum atomic E-state index is 10.5. The number of phenolic OH excluding ortho intramolecular Hbond substituents is 1. The lowest BCUT2D eigenvalue weighted by atomic mass is 10.3. The van der Waals surface area contributed by atoms with Crippen LogP contribution in [0.25, 0.3) is 0 Å². The minimum atomic E-state index is -4.39. The molecule has 2 N–H and O–H groups in total. The molecule has 0 aromatic heterocycles. The van der Waals surface area contributed by atoms with E-state index in [0.29, 0.717) is 0 Å². The molecule has 0 saturated heterocycles. The van der Waals surface area contributed by atoms with Crippen molar-refractivity contribution < 1.29 is 18.1 Å². The lowest BCUT2D eigenvalue weighted by molar-refractivity contribution is 0.443. The summed E-state index contributed by atoms with van der Waals surface area (Å²) in [5, 5.41) is 8.94. The molecule has 0 saturated carbocycles. The monoisotopic (exact) mass is 208 g/mol. The summed E-state index contributed by atoms with van der Waals surface area (Å²) in [7, 11) is -4.39. The van der Waals surface area contributed by atoms with Crippen molar-refractivity contribution in [1.82, 2.24) is 0 Å². The molecule has 0 aliphatic heterocycles. The molecule has 0 spiro atoms. The highest BCUT2D eigenvalue weighted by Crippen LogP contribution is 2.29. The summed E-state index contributed by atoms with van der Waals surface area (Å²) in [6.45, 7) is 0. The molecular weight excluding hydrogens is 204 g/mol. The van der Waals surface area contributed by atoms with Gasteiger partial charge in [0.25, 0.3) is 10.1 Å². The van der Waals surface area contributed by atoms with Crippen LogP contribution in [0.1, 0.15) is 0 Å². The largest absolute Gasteiger partial charge is 0.505 e. The minimum Gasteiger partial charge on any atom is -0.505 e. The Bertz CT molecular complexity index is 398. The molecule has 0 aliphatic carbocycles. The molecule has 1 aromatic carbocycles. The Kier molecular flexibility index (Phi) is 2.27. The Morgan fingerprint density at radius 1 is 1.33 bits per heavy atom. The highest BCUT2D eigenvalue weighted by atomic mass is 35.5. The molecular formula is C6H5ClO4S. The summed E-state index contributed by atoms with van der Waals surface area (Å²) < 4.78 is 29.6. The van der Waals surface area contributed by atoms with Gasteiger partial charge in [-0.3, -0.25) is 4.55 Å².